The maximum atomic E-state index is 6.13. The third-order valence-electron chi connectivity index (χ3n) is 4.71. The van der Waals surface area contributed by atoms with Crippen molar-refractivity contribution in [2.75, 3.05) is 5.32 Å². The predicted molar refractivity (Wildman–Crippen MR) is 107 cm³/mol. The van der Waals surface area contributed by atoms with E-state index in [4.69, 9.17) is 9.72 Å². The smallest absolute Gasteiger partial charge is 0.151 e. The summed E-state index contributed by atoms with van der Waals surface area (Å²) in [5.41, 5.74) is 6.63. The number of aryl methyl sites for hydroxylation is 2. The number of hydrogen-bond acceptors (Lipinski definition) is 3. The number of nitrogens with zero attached hydrogens (tertiary/aromatic N) is 1. The van der Waals surface area contributed by atoms with Gasteiger partial charge >= 0.3 is 0 Å². The Hall–Kier alpha value is -2.81. The van der Waals surface area contributed by atoms with Crippen molar-refractivity contribution in [2.24, 2.45) is 0 Å². The summed E-state index contributed by atoms with van der Waals surface area (Å²) >= 11 is 0. The molecule has 2 heterocycles. The Balaban J connectivity index is 1.84. The fourth-order valence-electron chi connectivity index (χ4n) is 3.48. The Morgan fingerprint density at radius 3 is 2.50 bits per heavy atom. The van der Waals surface area contributed by atoms with Gasteiger partial charge in [-0.15, -0.1) is 0 Å². The van der Waals surface area contributed by atoms with Gasteiger partial charge in [0.05, 0.1) is 17.1 Å². The zero-order chi connectivity index (χ0) is 17.9. The van der Waals surface area contributed by atoms with E-state index in [2.05, 4.69) is 37.4 Å². The van der Waals surface area contributed by atoms with Crippen LogP contribution < -0.4 is 10.1 Å². The van der Waals surface area contributed by atoms with Crippen LogP contribution in [0.15, 0.2) is 54.6 Å². The zero-order valence-electron chi connectivity index (χ0n) is 15.4. The van der Waals surface area contributed by atoms with Gasteiger partial charge in [0.15, 0.2) is 11.5 Å². The minimum absolute atomic E-state index is 0.853. The van der Waals surface area contributed by atoms with Gasteiger partial charge in [0.1, 0.15) is 0 Å². The number of nitrogens with one attached hydrogen (secondary N) is 1. The van der Waals surface area contributed by atoms with Crippen LogP contribution in [-0.4, -0.2) is 4.98 Å². The Bertz CT molecular complexity index is 933. The van der Waals surface area contributed by atoms with Gasteiger partial charge < -0.3 is 10.1 Å². The average Bonchev–Trinajstić information content (AvgIpc) is 2.67. The Kier molecular flexibility index (Phi) is 4.61. The number of anilines is 2. The van der Waals surface area contributed by atoms with E-state index in [1.54, 1.807) is 0 Å². The highest BCUT2D eigenvalue weighted by molar-refractivity contribution is 5.88. The predicted octanol–water partition coefficient (Wildman–Crippen LogP) is 6.50. The van der Waals surface area contributed by atoms with Gasteiger partial charge in [-0.25, -0.2) is 0 Å². The molecule has 2 aromatic carbocycles. The molecule has 0 saturated heterocycles. The molecule has 1 aliphatic heterocycles. The third kappa shape index (κ3) is 3.05. The van der Waals surface area contributed by atoms with Crippen LogP contribution in [0.25, 0.3) is 11.3 Å². The van der Waals surface area contributed by atoms with E-state index in [1.165, 1.54) is 5.56 Å². The summed E-state index contributed by atoms with van der Waals surface area (Å²) in [5.74, 6) is 1.71. The van der Waals surface area contributed by atoms with E-state index in [0.29, 0.717) is 0 Å². The van der Waals surface area contributed by atoms with Crippen molar-refractivity contribution in [1.29, 1.82) is 0 Å². The quantitative estimate of drug-likeness (QED) is 0.448. The van der Waals surface area contributed by atoms with Crippen molar-refractivity contribution in [1.82, 2.24) is 4.98 Å². The van der Waals surface area contributed by atoms with Gasteiger partial charge in [-0.3, -0.25) is 4.98 Å². The lowest BCUT2D eigenvalue weighted by Crippen LogP contribution is -2.06. The lowest BCUT2D eigenvalue weighted by molar-refractivity contribution is 0.481. The first kappa shape index (κ1) is 16.6. The molecule has 0 atom stereocenters. The van der Waals surface area contributed by atoms with Gasteiger partial charge in [-0.05, 0) is 42.7 Å². The second-order valence-electron chi connectivity index (χ2n) is 6.71. The molecule has 0 fully saturated rings. The summed E-state index contributed by atoms with van der Waals surface area (Å²) in [5, 5.41) is 3.56. The highest BCUT2D eigenvalue weighted by Crippen LogP contribution is 2.46. The summed E-state index contributed by atoms with van der Waals surface area (Å²) in [6, 6.07) is 18.7. The highest BCUT2D eigenvalue weighted by Gasteiger charge is 2.21. The molecular formula is C23H24N2O. The number of rotatable bonds is 5. The van der Waals surface area contributed by atoms with Crippen molar-refractivity contribution in [3.63, 3.8) is 0 Å². The lowest BCUT2D eigenvalue weighted by atomic mass is 9.98. The second-order valence-corrected chi connectivity index (χ2v) is 6.71. The molecule has 0 aliphatic carbocycles. The van der Waals surface area contributed by atoms with Crippen LogP contribution in [0.4, 0.5) is 11.4 Å². The number of pyridine rings is 1. The zero-order valence-corrected chi connectivity index (χ0v) is 15.4. The van der Waals surface area contributed by atoms with Crippen LogP contribution >= 0.6 is 0 Å². The van der Waals surface area contributed by atoms with Crippen LogP contribution in [0, 0.1) is 0 Å². The number of aromatic nitrogens is 1. The first-order valence-corrected chi connectivity index (χ1v) is 9.46. The van der Waals surface area contributed by atoms with E-state index in [9.17, 15) is 0 Å². The summed E-state index contributed by atoms with van der Waals surface area (Å²) in [6.45, 7) is 4.40. The van der Waals surface area contributed by atoms with Gasteiger partial charge in [0, 0.05) is 11.3 Å². The molecule has 0 bridgehead atoms. The summed E-state index contributed by atoms with van der Waals surface area (Å²) in [7, 11) is 0. The molecule has 132 valence electrons. The molecule has 26 heavy (non-hydrogen) atoms. The molecule has 0 spiro atoms. The molecule has 4 rings (SSSR count). The van der Waals surface area contributed by atoms with Crippen molar-refractivity contribution in [2.45, 2.75) is 39.5 Å². The molecule has 0 saturated carbocycles. The van der Waals surface area contributed by atoms with E-state index < -0.39 is 0 Å². The fourth-order valence-corrected chi connectivity index (χ4v) is 3.48. The fraction of sp³-hybridized carbons (Fsp3) is 0.261. The van der Waals surface area contributed by atoms with Crippen LogP contribution in [0.1, 0.15) is 37.9 Å². The van der Waals surface area contributed by atoms with Gasteiger partial charge in [0.2, 0.25) is 0 Å². The number of benzene rings is 2. The molecular weight excluding hydrogens is 320 g/mol. The summed E-state index contributed by atoms with van der Waals surface area (Å²) < 4.78 is 6.13. The molecule has 1 aromatic heterocycles. The standard InChI is InChI=1S/C23H24N2O/c1-3-8-16-14-15-17(9-4-2)24-22(16)18-10-7-13-21-23(18)25-19-11-5-6-12-20(19)26-21/h5-7,10-15,25H,3-4,8-9H2,1-2H3. The minimum Gasteiger partial charge on any atom is -0.453 e. The normalized spacial score (nSPS) is 11.9. The molecule has 3 aromatic rings. The maximum Gasteiger partial charge on any atom is 0.151 e. The van der Waals surface area contributed by atoms with Crippen molar-refractivity contribution < 1.29 is 4.74 Å². The SMILES string of the molecule is CCCc1ccc(CCC)c(-c2cccc3c2Nc2ccccc2O3)n1. The van der Waals surface area contributed by atoms with E-state index in [1.807, 2.05) is 36.4 Å². The largest absolute Gasteiger partial charge is 0.453 e. The molecule has 1 N–H and O–H groups in total. The molecule has 3 heteroatoms. The number of ether oxygens (including phenoxy) is 1. The van der Waals surface area contributed by atoms with E-state index in [0.717, 1.165) is 65.5 Å². The minimum atomic E-state index is 0.853. The highest BCUT2D eigenvalue weighted by atomic mass is 16.5. The van der Waals surface area contributed by atoms with Crippen molar-refractivity contribution in [3.05, 3.63) is 65.9 Å². The molecule has 1 aliphatic rings. The van der Waals surface area contributed by atoms with Crippen LogP contribution in [0.3, 0.4) is 0 Å². The number of hydrogen-bond donors (Lipinski definition) is 1. The topological polar surface area (TPSA) is 34.1 Å². The Morgan fingerprint density at radius 1 is 0.846 bits per heavy atom. The Morgan fingerprint density at radius 2 is 1.65 bits per heavy atom. The lowest BCUT2D eigenvalue weighted by Gasteiger charge is -2.24. The molecule has 0 unspecified atom stereocenters. The summed E-state index contributed by atoms with van der Waals surface area (Å²) in [4.78, 5) is 5.02. The number of fused-ring (bicyclic) bond motifs is 2. The Labute approximate surface area is 155 Å². The average molecular weight is 344 g/mol. The van der Waals surface area contributed by atoms with Crippen LogP contribution in [0.5, 0.6) is 11.5 Å². The van der Waals surface area contributed by atoms with Gasteiger partial charge in [-0.1, -0.05) is 57.0 Å². The van der Waals surface area contributed by atoms with E-state index in [-0.39, 0.29) is 0 Å². The molecule has 0 radical (unpaired) electrons. The molecule has 3 nitrogen and oxygen atoms in total. The summed E-state index contributed by atoms with van der Waals surface area (Å²) in [6.07, 6.45) is 4.22. The first-order valence-electron chi connectivity index (χ1n) is 9.46. The molecule has 0 amide bonds. The number of para-hydroxylation sites is 3. The second kappa shape index (κ2) is 7.20. The van der Waals surface area contributed by atoms with Crippen molar-refractivity contribution >= 4 is 11.4 Å². The van der Waals surface area contributed by atoms with Crippen LogP contribution in [-0.2, 0) is 12.8 Å². The van der Waals surface area contributed by atoms with Gasteiger partial charge in [-0.2, -0.15) is 0 Å². The van der Waals surface area contributed by atoms with E-state index >= 15 is 0 Å². The van der Waals surface area contributed by atoms with Crippen LogP contribution in [0.2, 0.25) is 0 Å². The van der Waals surface area contributed by atoms with Crippen molar-refractivity contribution in [3.8, 4) is 22.8 Å². The monoisotopic (exact) mass is 344 g/mol. The van der Waals surface area contributed by atoms with Gasteiger partial charge in [0.25, 0.3) is 0 Å². The first-order chi connectivity index (χ1) is 12.8. The maximum absolute atomic E-state index is 6.13. The third-order valence-corrected chi connectivity index (χ3v) is 4.71.